The molecule has 0 saturated heterocycles. The third kappa shape index (κ3) is 3.81. The van der Waals surface area contributed by atoms with Gasteiger partial charge in [-0.3, -0.25) is 9.59 Å². The number of carbonyl (C=O) groups is 2. The summed E-state index contributed by atoms with van der Waals surface area (Å²) in [5, 5.41) is 3.79. The lowest BCUT2D eigenvalue weighted by Gasteiger charge is -2.01. The molecule has 0 atom stereocenters. The highest BCUT2D eigenvalue weighted by molar-refractivity contribution is 5.92. The van der Waals surface area contributed by atoms with Crippen molar-refractivity contribution in [1.29, 1.82) is 0 Å². The van der Waals surface area contributed by atoms with Gasteiger partial charge in [-0.1, -0.05) is 12.1 Å². The maximum absolute atomic E-state index is 11.5. The van der Waals surface area contributed by atoms with Crippen LogP contribution in [-0.4, -0.2) is 18.1 Å². The monoisotopic (exact) mass is 272 g/mol. The molecule has 1 aromatic heterocycles. The molecule has 6 nitrogen and oxygen atoms in total. The van der Waals surface area contributed by atoms with Crippen LogP contribution in [0.25, 0.3) is 0 Å². The smallest absolute Gasteiger partial charge is 0.308 e. The third-order valence-electron chi connectivity index (χ3n) is 2.24. The number of rotatable bonds is 4. The number of furan rings is 1. The van der Waals surface area contributed by atoms with Crippen molar-refractivity contribution in [2.45, 2.75) is 6.92 Å². The predicted molar refractivity (Wildman–Crippen MR) is 71.5 cm³/mol. The van der Waals surface area contributed by atoms with E-state index in [-0.39, 0.29) is 5.76 Å². The van der Waals surface area contributed by atoms with Gasteiger partial charge in [-0.2, -0.15) is 5.10 Å². The molecule has 1 heterocycles. The maximum Gasteiger partial charge on any atom is 0.308 e. The first-order chi connectivity index (χ1) is 9.65. The van der Waals surface area contributed by atoms with Crippen LogP contribution in [0, 0.1) is 0 Å². The third-order valence-corrected chi connectivity index (χ3v) is 2.24. The van der Waals surface area contributed by atoms with E-state index in [0.717, 1.165) is 0 Å². The molecule has 0 spiro atoms. The summed E-state index contributed by atoms with van der Waals surface area (Å²) in [6.45, 7) is 1.32. The number of ether oxygens (including phenoxy) is 1. The molecular formula is C14H12N2O4. The molecule has 0 aliphatic rings. The minimum atomic E-state index is -0.442. The molecule has 1 N–H and O–H groups in total. The van der Waals surface area contributed by atoms with Crippen molar-refractivity contribution in [2.75, 3.05) is 0 Å². The number of nitrogens with one attached hydrogen (secondary N) is 1. The fourth-order valence-corrected chi connectivity index (χ4v) is 1.45. The predicted octanol–water partition coefficient (Wildman–Crippen LogP) is 1.97. The number of nitrogens with zero attached hydrogens (tertiary/aromatic N) is 1. The molecule has 2 aromatic rings. The summed E-state index contributed by atoms with van der Waals surface area (Å²) >= 11 is 0. The van der Waals surface area contributed by atoms with Gasteiger partial charge in [0.15, 0.2) is 5.76 Å². The Labute approximate surface area is 115 Å². The zero-order valence-electron chi connectivity index (χ0n) is 10.7. The summed E-state index contributed by atoms with van der Waals surface area (Å²) in [7, 11) is 0. The van der Waals surface area contributed by atoms with E-state index in [2.05, 4.69) is 10.5 Å². The Hall–Kier alpha value is -2.89. The molecule has 1 amide bonds. The number of benzene rings is 1. The van der Waals surface area contributed by atoms with Crippen LogP contribution in [0.3, 0.4) is 0 Å². The van der Waals surface area contributed by atoms with Gasteiger partial charge in [0.05, 0.1) is 12.5 Å². The minimum Gasteiger partial charge on any atom is -0.459 e. The Morgan fingerprint density at radius 2 is 2.15 bits per heavy atom. The van der Waals surface area contributed by atoms with Crippen molar-refractivity contribution >= 4 is 18.1 Å². The number of hydrogen-bond donors (Lipinski definition) is 1. The van der Waals surface area contributed by atoms with Crippen molar-refractivity contribution in [1.82, 2.24) is 5.43 Å². The summed E-state index contributed by atoms with van der Waals surface area (Å²) in [5.41, 5.74) is 3.01. The van der Waals surface area contributed by atoms with Gasteiger partial charge in [-0.05, 0) is 29.8 Å². The summed E-state index contributed by atoms with van der Waals surface area (Å²) < 4.78 is 9.86. The largest absolute Gasteiger partial charge is 0.459 e. The van der Waals surface area contributed by atoms with Crippen LogP contribution >= 0.6 is 0 Å². The van der Waals surface area contributed by atoms with Gasteiger partial charge in [-0.25, -0.2) is 5.43 Å². The number of hydrazone groups is 1. The van der Waals surface area contributed by atoms with Crippen LogP contribution in [0.5, 0.6) is 5.75 Å². The first kappa shape index (κ1) is 13.5. The molecule has 2 rings (SSSR count). The van der Waals surface area contributed by atoms with Gasteiger partial charge in [0.2, 0.25) is 0 Å². The van der Waals surface area contributed by atoms with E-state index in [1.165, 1.54) is 25.5 Å². The second-order valence-corrected chi connectivity index (χ2v) is 3.84. The van der Waals surface area contributed by atoms with Crippen molar-refractivity contribution in [3.8, 4) is 5.75 Å². The van der Waals surface area contributed by atoms with E-state index >= 15 is 0 Å². The zero-order chi connectivity index (χ0) is 14.4. The van der Waals surface area contributed by atoms with Crippen LogP contribution < -0.4 is 10.2 Å². The molecule has 0 fully saturated rings. The van der Waals surface area contributed by atoms with E-state index in [0.29, 0.717) is 11.3 Å². The average Bonchev–Trinajstić information content (AvgIpc) is 2.92. The quantitative estimate of drug-likeness (QED) is 0.399. The molecule has 0 unspecified atom stereocenters. The number of amides is 1. The normalized spacial score (nSPS) is 10.4. The first-order valence-corrected chi connectivity index (χ1v) is 5.80. The SMILES string of the molecule is CC(=O)Oc1cccc(/C=N\NC(=O)c2ccco2)c1. The molecule has 0 aliphatic heterocycles. The molecule has 0 bridgehead atoms. The molecule has 6 heteroatoms. The highest BCUT2D eigenvalue weighted by atomic mass is 16.5. The molecule has 20 heavy (non-hydrogen) atoms. The Bertz CT molecular complexity index is 632. The van der Waals surface area contributed by atoms with E-state index in [9.17, 15) is 9.59 Å². The Kier molecular flexibility index (Phi) is 4.28. The Morgan fingerprint density at radius 1 is 1.30 bits per heavy atom. The molecule has 102 valence electrons. The van der Waals surface area contributed by atoms with Gasteiger partial charge >= 0.3 is 11.9 Å². The molecule has 0 saturated carbocycles. The highest BCUT2D eigenvalue weighted by Crippen LogP contribution is 2.12. The minimum absolute atomic E-state index is 0.177. The van der Waals surface area contributed by atoms with Crippen molar-refractivity contribution in [3.05, 3.63) is 54.0 Å². The van der Waals surface area contributed by atoms with Crippen molar-refractivity contribution in [3.63, 3.8) is 0 Å². The van der Waals surface area contributed by atoms with Gasteiger partial charge in [0.25, 0.3) is 0 Å². The van der Waals surface area contributed by atoms with E-state index in [4.69, 9.17) is 9.15 Å². The zero-order valence-corrected chi connectivity index (χ0v) is 10.7. The lowest BCUT2D eigenvalue weighted by molar-refractivity contribution is -0.131. The molecule has 0 radical (unpaired) electrons. The van der Waals surface area contributed by atoms with E-state index < -0.39 is 11.9 Å². The molecule has 0 aliphatic carbocycles. The first-order valence-electron chi connectivity index (χ1n) is 5.80. The van der Waals surface area contributed by atoms with Crippen LogP contribution in [0.2, 0.25) is 0 Å². The Morgan fingerprint density at radius 3 is 2.85 bits per heavy atom. The van der Waals surface area contributed by atoms with Crippen LogP contribution in [0.4, 0.5) is 0 Å². The molecular weight excluding hydrogens is 260 g/mol. The standard InChI is InChI=1S/C14H12N2O4/c1-10(17)20-12-5-2-4-11(8-12)9-15-16-14(18)13-6-3-7-19-13/h2-9H,1H3,(H,16,18)/b15-9-. The van der Waals surface area contributed by atoms with Crippen molar-refractivity contribution < 1.29 is 18.7 Å². The number of carbonyl (C=O) groups excluding carboxylic acids is 2. The summed E-state index contributed by atoms with van der Waals surface area (Å²) in [6, 6.07) is 9.90. The topological polar surface area (TPSA) is 80.9 Å². The average molecular weight is 272 g/mol. The summed E-state index contributed by atoms with van der Waals surface area (Å²) in [5.74, 6) is -0.248. The van der Waals surface area contributed by atoms with Crippen molar-refractivity contribution in [2.24, 2.45) is 5.10 Å². The van der Waals surface area contributed by atoms with Gasteiger partial charge in [0, 0.05) is 6.92 Å². The van der Waals surface area contributed by atoms with Gasteiger partial charge in [0.1, 0.15) is 5.75 Å². The van der Waals surface area contributed by atoms with Gasteiger partial charge in [-0.15, -0.1) is 0 Å². The molecule has 1 aromatic carbocycles. The second-order valence-electron chi connectivity index (χ2n) is 3.84. The second kappa shape index (κ2) is 6.33. The van der Waals surface area contributed by atoms with E-state index in [1.807, 2.05) is 0 Å². The lowest BCUT2D eigenvalue weighted by Crippen LogP contribution is -2.16. The number of esters is 1. The Balaban J connectivity index is 1.97. The fourth-order valence-electron chi connectivity index (χ4n) is 1.45. The highest BCUT2D eigenvalue weighted by Gasteiger charge is 2.05. The van der Waals surface area contributed by atoms with E-state index in [1.54, 1.807) is 30.3 Å². The summed E-state index contributed by atoms with van der Waals surface area (Å²) in [4.78, 5) is 22.4. The number of hydrogen-bond acceptors (Lipinski definition) is 5. The lowest BCUT2D eigenvalue weighted by atomic mass is 10.2. The van der Waals surface area contributed by atoms with Crippen LogP contribution in [-0.2, 0) is 4.79 Å². The maximum atomic E-state index is 11.5. The van der Waals surface area contributed by atoms with Crippen LogP contribution in [0.15, 0.2) is 52.2 Å². The fraction of sp³-hybridized carbons (Fsp3) is 0.0714. The van der Waals surface area contributed by atoms with Crippen LogP contribution in [0.1, 0.15) is 23.0 Å². The van der Waals surface area contributed by atoms with Gasteiger partial charge < -0.3 is 9.15 Å². The summed E-state index contributed by atoms with van der Waals surface area (Å²) in [6.07, 6.45) is 2.84.